The smallest absolute Gasteiger partial charge is 0.383 e. The monoisotopic (exact) mass is 444 g/mol. The minimum Gasteiger partial charge on any atom is -0.383 e. The number of rotatable bonds is 4. The van der Waals surface area contributed by atoms with Crippen molar-refractivity contribution in [2.24, 2.45) is 0 Å². The molecular weight excluding hydrogens is 421 g/mol. The third kappa shape index (κ3) is 3.88. The summed E-state index contributed by atoms with van der Waals surface area (Å²) in [4.78, 5) is 23.5. The second-order valence-electron chi connectivity index (χ2n) is 8.13. The molecule has 0 spiro atoms. The molecule has 9 heteroatoms. The Balaban J connectivity index is 1.69. The average Bonchev–Trinajstić information content (AvgIpc) is 3.24. The van der Waals surface area contributed by atoms with E-state index < -0.39 is 17.8 Å². The van der Waals surface area contributed by atoms with Crippen LogP contribution in [-0.2, 0) is 24.1 Å². The zero-order valence-electron chi connectivity index (χ0n) is 17.9. The van der Waals surface area contributed by atoms with Gasteiger partial charge in [-0.25, -0.2) is 4.98 Å². The number of pyridine rings is 2. The summed E-state index contributed by atoms with van der Waals surface area (Å²) in [5.41, 5.74) is 8.47. The normalized spacial score (nSPS) is 14.6. The van der Waals surface area contributed by atoms with E-state index in [1.165, 1.54) is 6.07 Å². The first-order chi connectivity index (χ1) is 15.1. The zero-order chi connectivity index (χ0) is 23.2. The highest BCUT2D eigenvalue weighted by Crippen LogP contribution is 2.33. The lowest BCUT2D eigenvalue weighted by Crippen LogP contribution is -2.39. The number of carbonyl (C=O) groups excluding carboxylic acids is 1. The van der Waals surface area contributed by atoms with E-state index in [9.17, 15) is 18.0 Å². The molecule has 3 aromatic rings. The highest BCUT2D eigenvalue weighted by Gasteiger charge is 2.32. The number of hydrogen-bond donors (Lipinski definition) is 1. The molecule has 1 aromatic carbocycles. The lowest BCUT2D eigenvalue weighted by molar-refractivity contribution is -0.137. The molecule has 0 aliphatic carbocycles. The van der Waals surface area contributed by atoms with E-state index in [2.05, 4.69) is 9.97 Å². The van der Waals surface area contributed by atoms with Crippen molar-refractivity contribution in [3.63, 3.8) is 0 Å². The van der Waals surface area contributed by atoms with Crippen LogP contribution in [0.25, 0.3) is 10.9 Å². The van der Waals surface area contributed by atoms with Gasteiger partial charge in [-0.2, -0.15) is 13.2 Å². The largest absolute Gasteiger partial charge is 0.417 e. The van der Waals surface area contributed by atoms with Crippen LogP contribution in [0.3, 0.4) is 0 Å². The summed E-state index contributed by atoms with van der Waals surface area (Å²) in [5, 5.41) is 0.807. The summed E-state index contributed by atoms with van der Waals surface area (Å²) in [6, 6.07) is 6.76. The van der Waals surface area contributed by atoms with Gasteiger partial charge in [-0.3, -0.25) is 9.78 Å². The number of alkyl halides is 3. The van der Waals surface area contributed by atoms with Gasteiger partial charge < -0.3 is 15.4 Å². The molecule has 6 nitrogen and oxygen atoms in total. The Morgan fingerprint density at radius 1 is 1.12 bits per heavy atom. The number of carbonyl (C=O) groups is 1. The Kier molecular flexibility index (Phi) is 5.54. The summed E-state index contributed by atoms with van der Waals surface area (Å²) in [6.45, 7) is 6.25. The molecule has 2 aromatic heterocycles. The van der Waals surface area contributed by atoms with Gasteiger partial charge in [0.2, 0.25) is 0 Å². The summed E-state index contributed by atoms with van der Waals surface area (Å²) in [5.74, 6) is 0.176. The SMILES string of the molecule is CC(C)N(C(=O)c1ccc2nc(N)c3c(c2c1)COC3)C(C)c1ccc(C(F)(F)F)cn1. The standard InChI is InChI=1S/C23H23F3N4O2/c1-12(2)30(13(3)19-7-5-15(9-28-19)23(24,25)26)22(31)14-4-6-20-16(8-14)17-10-32-11-18(17)21(27)29-20/h4-9,12-13H,10-11H2,1-3H3,(H2,27,29). The summed E-state index contributed by atoms with van der Waals surface area (Å²) >= 11 is 0. The third-order valence-electron chi connectivity index (χ3n) is 5.73. The van der Waals surface area contributed by atoms with Crippen molar-refractivity contribution < 1.29 is 22.7 Å². The van der Waals surface area contributed by atoms with Crippen molar-refractivity contribution >= 4 is 22.6 Å². The molecule has 4 rings (SSSR count). The van der Waals surface area contributed by atoms with Crippen LogP contribution in [-0.4, -0.2) is 26.8 Å². The average molecular weight is 444 g/mol. The van der Waals surface area contributed by atoms with Crippen LogP contribution < -0.4 is 5.73 Å². The Morgan fingerprint density at radius 3 is 2.47 bits per heavy atom. The Labute approximate surface area is 183 Å². The third-order valence-corrected chi connectivity index (χ3v) is 5.73. The number of ether oxygens (including phenoxy) is 1. The second-order valence-corrected chi connectivity index (χ2v) is 8.13. The first-order valence-electron chi connectivity index (χ1n) is 10.2. The molecular formula is C23H23F3N4O2. The number of fused-ring (bicyclic) bond motifs is 3. The van der Waals surface area contributed by atoms with E-state index in [4.69, 9.17) is 10.5 Å². The number of aromatic nitrogens is 2. The molecule has 168 valence electrons. The number of halogens is 3. The molecule has 1 aliphatic heterocycles. The molecule has 0 saturated carbocycles. The van der Waals surface area contributed by atoms with Gasteiger partial charge in [-0.1, -0.05) is 0 Å². The predicted molar refractivity (Wildman–Crippen MR) is 114 cm³/mol. The quantitative estimate of drug-likeness (QED) is 0.621. The molecule has 0 saturated heterocycles. The van der Waals surface area contributed by atoms with Crippen molar-refractivity contribution in [1.82, 2.24) is 14.9 Å². The first kappa shape index (κ1) is 22.0. The van der Waals surface area contributed by atoms with Crippen LogP contribution in [0.2, 0.25) is 0 Å². The fourth-order valence-electron chi connectivity index (χ4n) is 4.07. The Hall–Kier alpha value is -3.20. The number of benzene rings is 1. The van der Waals surface area contributed by atoms with Gasteiger partial charge in [0.15, 0.2) is 0 Å². The molecule has 1 unspecified atom stereocenters. The maximum atomic E-state index is 13.5. The summed E-state index contributed by atoms with van der Waals surface area (Å²) in [6.07, 6.45) is -3.67. The Bertz CT molecular complexity index is 1180. The maximum absolute atomic E-state index is 13.5. The van der Waals surface area contributed by atoms with Crippen molar-refractivity contribution in [2.75, 3.05) is 5.73 Å². The molecule has 3 heterocycles. The molecule has 32 heavy (non-hydrogen) atoms. The molecule has 1 aliphatic rings. The number of anilines is 1. The number of nitrogens with two attached hydrogens (primary N) is 1. The van der Waals surface area contributed by atoms with Crippen molar-refractivity contribution in [3.05, 3.63) is 64.5 Å². The highest BCUT2D eigenvalue weighted by molar-refractivity contribution is 5.99. The van der Waals surface area contributed by atoms with Gasteiger partial charge in [0.1, 0.15) is 5.82 Å². The van der Waals surface area contributed by atoms with Gasteiger partial charge in [0, 0.05) is 28.8 Å². The van der Waals surface area contributed by atoms with Gasteiger partial charge in [0.05, 0.1) is 36.0 Å². The van der Waals surface area contributed by atoms with Crippen LogP contribution in [0.1, 0.15) is 59.6 Å². The summed E-state index contributed by atoms with van der Waals surface area (Å²) < 4.78 is 44.1. The van der Waals surface area contributed by atoms with Crippen LogP contribution in [0, 0.1) is 0 Å². The minimum absolute atomic E-state index is 0.212. The summed E-state index contributed by atoms with van der Waals surface area (Å²) in [7, 11) is 0. The minimum atomic E-state index is -4.46. The number of nitrogens with zero attached hydrogens (tertiary/aromatic N) is 3. The van der Waals surface area contributed by atoms with E-state index in [0.717, 1.165) is 28.8 Å². The number of amides is 1. The van der Waals surface area contributed by atoms with Crippen LogP contribution in [0.5, 0.6) is 0 Å². The lowest BCUT2D eigenvalue weighted by atomic mass is 10.0. The van der Waals surface area contributed by atoms with Crippen molar-refractivity contribution in [2.45, 2.75) is 52.2 Å². The number of nitrogen functional groups attached to an aromatic ring is 1. The molecule has 0 radical (unpaired) electrons. The fraction of sp³-hybridized carbons (Fsp3) is 0.348. The topological polar surface area (TPSA) is 81.3 Å². The molecule has 0 bridgehead atoms. The zero-order valence-corrected chi connectivity index (χ0v) is 17.9. The van der Waals surface area contributed by atoms with Crippen LogP contribution in [0.4, 0.5) is 19.0 Å². The molecule has 1 amide bonds. The Morgan fingerprint density at radius 2 is 1.84 bits per heavy atom. The van der Waals surface area contributed by atoms with E-state index in [-0.39, 0.29) is 11.9 Å². The van der Waals surface area contributed by atoms with Crippen LogP contribution >= 0.6 is 0 Å². The van der Waals surface area contributed by atoms with Gasteiger partial charge >= 0.3 is 6.18 Å². The van der Waals surface area contributed by atoms with E-state index in [0.29, 0.717) is 35.8 Å². The fourth-order valence-corrected chi connectivity index (χ4v) is 4.07. The van der Waals surface area contributed by atoms with E-state index >= 15 is 0 Å². The molecule has 0 fully saturated rings. The van der Waals surface area contributed by atoms with Crippen molar-refractivity contribution in [3.8, 4) is 0 Å². The lowest BCUT2D eigenvalue weighted by Gasteiger charge is -2.33. The first-order valence-corrected chi connectivity index (χ1v) is 10.2. The second kappa shape index (κ2) is 8.05. The van der Waals surface area contributed by atoms with E-state index in [1.807, 2.05) is 13.8 Å². The van der Waals surface area contributed by atoms with Gasteiger partial charge in [-0.05, 0) is 56.7 Å². The molecule has 1 atom stereocenters. The number of hydrogen-bond acceptors (Lipinski definition) is 5. The van der Waals surface area contributed by atoms with Crippen LogP contribution in [0.15, 0.2) is 36.5 Å². The van der Waals surface area contributed by atoms with E-state index in [1.54, 1.807) is 30.0 Å². The van der Waals surface area contributed by atoms with Gasteiger partial charge in [-0.15, -0.1) is 0 Å². The predicted octanol–water partition coefficient (Wildman–Crippen LogP) is 4.87. The van der Waals surface area contributed by atoms with Gasteiger partial charge in [0.25, 0.3) is 5.91 Å². The maximum Gasteiger partial charge on any atom is 0.417 e. The highest BCUT2D eigenvalue weighted by atomic mass is 19.4. The van der Waals surface area contributed by atoms with Crippen molar-refractivity contribution in [1.29, 1.82) is 0 Å². The molecule has 2 N–H and O–H groups in total.